The first-order chi connectivity index (χ1) is 2.41. The Hall–Kier alpha value is 1.59. The van der Waals surface area contributed by atoms with E-state index in [1.54, 1.807) is 14.2 Å². The van der Waals surface area contributed by atoms with Crippen molar-refractivity contribution in [2.75, 3.05) is 14.2 Å². The molecule has 0 atom stereocenters. The standard InChI is InChI=1S/2CH3O.2BrH.Ti/c2*1-2;;;/h2*1H3;2*1H;/q2*-1;;;+2. The molecule has 0 aliphatic rings. The Bertz CT molecular complexity index is 21.2. The molecule has 0 aromatic heterocycles. The second kappa shape index (κ2) is 15.6. The third-order valence-electron chi connectivity index (χ3n) is 0.167. The van der Waals surface area contributed by atoms with Gasteiger partial charge in [-0.3, -0.25) is 0 Å². The summed E-state index contributed by atoms with van der Waals surface area (Å²) in [6.45, 7) is 0. The predicted octanol–water partition coefficient (Wildman–Crippen LogP) is 1.35. The number of rotatable bonds is 2. The molecular formula is C2H8Br2O2Ti. The Morgan fingerprint density at radius 2 is 1.29 bits per heavy atom. The van der Waals surface area contributed by atoms with Crippen molar-refractivity contribution < 1.29 is 26.6 Å². The molecule has 0 aliphatic heterocycles. The SMILES string of the molecule is Br.Br.C[O][Ti][O]C. The average Bonchev–Trinajstić information content (AvgIpc) is 1.41. The summed E-state index contributed by atoms with van der Waals surface area (Å²) < 4.78 is 9.19. The first-order valence-electron chi connectivity index (χ1n) is 1.22. The van der Waals surface area contributed by atoms with E-state index in [1.165, 1.54) is 0 Å². The summed E-state index contributed by atoms with van der Waals surface area (Å²) in [5.41, 5.74) is 0. The average molecular weight is 272 g/mol. The summed E-state index contributed by atoms with van der Waals surface area (Å²) in [4.78, 5) is 0. The van der Waals surface area contributed by atoms with Crippen molar-refractivity contribution in [2.45, 2.75) is 0 Å². The van der Waals surface area contributed by atoms with Crippen molar-refractivity contribution in [2.24, 2.45) is 0 Å². The van der Waals surface area contributed by atoms with Crippen LogP contribution in [0.2, 0.25) is 0 Å². The maximum absolute atomic E-state index is 4.59. The van der Waals surface area contributed by atoms with Gasteiger partial charge in [0.05, 0.1) is 0 Å². The Morgan fingerprint density at radius 3 is 1.29 bits per heavy atom. The molecule has 0 bridgehead atoms. The minimum atomic E-state index is -0.472. The number of hydrogen-bond acceptors (Lipinski definition) is 2. The molecule has 5 heteroatoms. The second-order valence-electron chi connectivity index (χ2n) is 0.492. The Morgan fingerprint density at radius 1 is 1.00 bits per heavy atom. The quantitative estimate of drug-likeness (QED) is 0.706. The summed E-state index contributed by atoms with van der Waals surface area (Å²) >= 11 is -0.472. The molecule has 0 aromatic rings. The van der Waals surface area contributed by atoms with E-state index in [0.29, 0.717) is 0 Å². The molecule has 0 rings (SSSR count). The van der Waals surface area contributed by atoms with Crippen molar-refractivity contribution >= 4 is 34.0 Å². The normalized spacial score (nSPS) is 5.43. The van der Waals surface area contributed by atoms with E-state index >= 15 is 0 Å². The molecule has 0 fully saturated rings. The van der Waals surface area contributed by atoms with Gasteiger partial charge in [-0.1, -0.05) is 0 Å². The van der Waals surface area contributed by atoms with Crippen molar-refractivity contribution in [3.05, 3.63) is 0 Å². The third-order valence-corrected chi connectivity index (χ3v) is 0.687. The van der Waals surface area contributed by atoms with Crippen molar-refractivity contribution in [1.82, 2.24) is 0 Å². The van der Waals surface area contributed by atoms with Gasteiger partial charge in [0.25, 0.3) is 0 Å². The van der Waals surface area contributed by atoms with Crippen molar-refractivity contribution in [1.29, 1.82) is 0 Å². The third kappa shape index (κ3) is 18.4. The maximum atomic E-state index is 4.59. The number of hydrogen-bond donors (Lipinski definition) is 0. The molecule has 0 spiro atoms. The van der Waals surface area contributed by atoms with E-state index < -0.39 is 19.9 Å². The molecule has 0 amide bonds. The van der Waals surface area contributed by atoms with Crippen molar-refractivity contribution in [3.8, 4) is 0 Å². The first-order valence-corrected chi connectivity index (χ1v) is 2.50. The van der Waals surface area contributed by atoms with Crippen LogP contribution in [0.5, 0.6) is 0 Å². The van der Waals surface area contributed by atoms with E-state index in [-0.39, 0.29) is 34.0 Å². The zero-order chi connectivity index (χ0) is 4.12. The molecule has 0 saturated carbocycles. The van der Waals surface area contributed by atoms with Gasteiger partial charge in [-0.05, 0) is 0 Å². The molecular weight excluding hydrogens is 264 g/mol. The van der Waals surface area contributed by atoms with Crippen LogP contribution in [0.25, 0.3) is 0 Å². The van der Waals surface area contributed by atoms with Crippen LogP contribution in [0, 0.1) is 0 Å². The monoisotopic (exact) mass is 270 g/mol. The molecule has 0 unspecified atom stereocenters. The van der Waals surface area contributed by atoms with Crippen LogP contribution in [0.15, 0.2) is 0 Å². The fourth-order valence-corrected chi connectivity index (χ4v) is 0.344. The topological polar surface area (TPSA) is 18.5 Å². The van der Waals surface area contributed by atoms with Crippen LogP contribution in [0.3, 0.4) is 0 Å². The van der Waals surface area contributed by atoms with E-state index in [4.69, 9.17) is 0 Å². The molecule has 2 nitrogen and oxygen atoms in total. The zero-order valence-corrected chi connectivity index (χ0v) is 9.12. The molecule has 0 aliphatic carbocycles. The Labute approximate surface area is 74.4 Å². The second-order valence-corrected chi connectivity index (χ2v) is 2.03. The van der Waals surface area contributed by atoms with Gasteiger partial charge >= 0.3 is 40.8 Å². The van der Waals surface area contributed by atoms with Crippen molar-refractivity contribution in [3.63, 3.8) is 0 Å². The Kier molecular flexibility index (Phi) is 35.4. The molecule has 46 valence electrons. The van der Waals surface area contributed by atoms with E-state index in [1.807, 2.05) is 0 Å². The molecule has 0 N–H and O–H groups in total. The van der Waals surface area contributed by atoms with E-state index in [2.05, 4.69) is 6.64 Å². The summed E-state index contributed by atoms with van der Waals surface area (Å²) in [5, 5.41) is 0. The van der Waals surface area contributed by atoms with Gasteiger partial charge < -0.3 is 0 Å². The molecule has 0 aromatic carbocycles. The number of halogens is 2. The molecule has 7 heavy (non-hydrogen) atoms. The van der Waals surface area contributed by atoms with Gasteiger partial charge in [0.1, 0.15) is 0 Å². The van der Waals surface area contributed by atoms with Gasteiger partial charge in [-0.2, -0.15) is 0 Å². The van der Waals surface area contributed by atoms with Gasteiger partial charge in [0.15, 0.2) is 0 Å². The first kappa shape index (κ1) is 15.8. The van der Waals surface area contributed by atoms with Gasteiger partial charge in [-0.15, -0.1) is 34.0 Å². The van der Waals surface area contributed by atoms with Crippen LogP contribution < -0.4 is 0 Å². The zero-order valence-electron chi connectivity index (χ0n) is 4.13. The summed E-state index contributed by atoms with van der Waals surface area (Å²) in [7, 11) is 3.28. The van der Waals surface area contributed by atoms with Gasteiger partial charge in [0.2, 0.25) is 0 Å². The van der Waals surface area contributed by atoms with Crippen LogP contribution in [0.4, 0.5) is 0 Å². The fraction of sp³-hybridized carbons (Fsp3) is 1.00. The van der Waals surface area contributed by atoms with E-state index in [9.17, 15) is 0 Å². The molecule has 0 radical (unpaired) electrons. The minimum absolute atomic E-state index is 0. The molecule has 0 saturated heterocycles. The van der Waals surface area contributed by atoms with E-state index in [0.717, 1.165) is 0 Å². The Balaban J connectivity index is -0.0000000800. The van der Waals surface area contributed by atoms with Gasteiger partial charge in [-0.25, -0.2) is 0 Å². The summed E-state index contributed by atoms with van der Waals surface area (Å²) in [6, 6.07) is 0. The van der Waals surface area contributed by atoms with Crippen LogP contribution in [0.1, 0.15) is 0 Å². The summed E-state index contributed by atoms with van der Waals surface area (Å²) in [6.07, 6.45) is 0. The van der Waals surface area contributed by atoms with Crippen LogP contribution in [-0.4, -0.2) is 14.2 Å². The van der Waals surface area contributed by atoms with Crippen LogP contribution in [-0.2, 0) is 26.6 Å². The van der Waals surface area contributed by atoms with Crippen LogP contribution >= 0.6 is 34.0 Å². The summed E-state index contributed by atoms with van der Waals surface area (Å²) in [5.74, 6) is 0. The fourth-order valence-electron chi connectivity index (χ4n) is 0.0833. The molecule has 0 heterocycles. The van der Waals surface area contributed by atoms with Gasteiger partial charge in [0, 0.05) is 0 Å². The predicted molar refractivity (Wildman–Crippen MR) is 34.7 cm³/mol.